The second-order valence-electron chi connectivity index (χ2n) is 7.03. The van der Waals surface area contributed by atoms with Crippen molar-refractivity contribution in [3.8, 4) is 5.75 Å². The number of methoxy groups -OCH3 is 2. The highest BCUT2D eigenvalue weighted by molar-refractivity contribution is 5.97. The molecule has 1 aliphatic heterocycles. The minimum atomic E-state index is -0.494. The van der Waals surface area contributed by atoms with E-state index in [-0.39, 0.29) is 30.6 Å². The fourth-order valence-electron chi connectivity index (χ4n) is 3.68. The van der Waals surface area contributed by atoms with Crippen LogP contribution in [0.1, 0.15) is 29.5 Å². The van der Waals surface area contributed by atoms with E-state index in [2.05, 4.69) is 0 Å². The first kappa shape index (κ1) is 20.1. The van der Waals surface area contributed by atoms with Gasteiger partial charge in [-0.05, 0) is 36.2 Å². The molecule has 1 amide bonds. The van der Waals surface area contributed by atoms with E-state index in [1.165, 1.54) is 11.7 Å². The SMILES string of the molecule is COCC(CO)n1ccc(C)c(N2CC(c3ccc(OC)cc3)CC2=O)c1=O. The molecule has 1 N–H and O–H groups in total. The van der Waals surface area contributed by atoms with Gasteiger partial charge in [-0.15, -0.1) is 0 Å². The molecular weight excluding hydrogens is 360 g/mol. The van der Waals surface area contributed by atoms with E-state index in [9.17, 15) is 14.7 Å². The van der Waals surface area contributed by atoms with Crippen molar-refractivity contribution in [1.82, 2.24) is 4.57 Å². The molecule has 0 aliphatic carbocycles. The van der Waals surface area contributed by atoms with Crippen molar-refractivity contribution in [3.05, 3.63) is 58.0 Å². The molecule has 0 radical (unpaired) electrons. The quantitative estimate of drug-likeness (QED) is 0.786. The normalized spacial score (nSPS) is 17.8. The minimum absolute atomic E-state index is 0.0125. The predicted molar refractivity (Wildman–Crippen MR) is 106 cm³/mol. The van der Waals surface area contributed by atoms with Gasteiger partial charge in [-0.2, -0.15) is 0 Å². The maximum absolute atomic E-state index is 13.1. The topological polar surface area (TPSA) is 81.0 Å². The zero-order valence-corrected chi connectivity index (χ0v) is 16.4. The molecule has 7 heteroatoms. The van der Waals surface area contributed by atoms with E-state index >= 15 is 0 Å². The highest BCUT2D eigenvalue weighted by atomic mass is 16.5. The molecule has 7 nitrogen and oxygen atoms in total. The highest BCUT2D eigenvalue weighted by Crippen LogP contribution is 2.32. The van der Waals surface area contributed by atoms with Crippen LogP contribution in [0, 0.1) is 6.92 Å². The lowest BCUT2D eigenvalue weighted by Gasteiger charge is -2.23. The summed E-state index contributed by atoms with van der Waals surface area (Å²) >= 11 is 0. The Morgan fingerprint density at radius 1 is 1.18 bits per heavy atom. The average Bonchev–Trinajstić information content (AvgIpc) is 3.08. The number of ether oxygens (including phenoxy) is 2. The van der Waals surface area contributed by atoms with Crippen molar-refractivity contribution in [2.75, 3.05) is 38.9 Å². The average molecular weight is 386 g/mol. The zero-order valence-electron chi connectivity index (χ0n) is 16.4. The molecule has 0 saturated carbocycles. The van der Waals surface area contributed by atoms with Crippen molar-refractivity contribution in [1.29, 1.82) is 0 Å². The number of aryl methyl sites for hydroxylation is 1. The molecule has 1 aliphatic rings. The first-order chi connectivity index (χ1) is 13.5. The molecule has 2 heterocycles. The van der Waals surface area contributed by atoms with Crippen LogP contribution in [-0.2, 0) is 9.53 Å². The Morgan fingerprint density at radius 3 is 2.50 bits per heavy atom. The largest absolute Gasteiger partial charge is 0.497 e. The third-order valence-corrected chi connectivity index (χ3v) is 5.24. The summed E-state index contributed by atoms with van der Waals surface area (Å²) in [7, 11) is 3.13. The Labute approximate surface area is 164 Å². The van der Waals surface area contributed by atoms with Gasteiger partial charge in [0.15, 0.2) is 0 Å². The van der Waals surface area contributed by atoms with Gasteiger partial charge in [0.05, 0.1) is 26.4 Å². The standard InChI is InChI=1S/C21H26N2O5/c1-14-8-9-22(17(12-24)13-27-2)21(26)20(14)23-11-16(10-19(23)25)15-4-6-18(28-3)7-5-15/h4-9,16-17,24H,10-13H2,1-3H3. The number of nitrogens with zero attached hydrogens (tertiary/aromatic N) is 2. The Morgan fingerprint density at radius 2 is 1.89 bits per heavy atom. The summed E-state index contributed by atoms with van der Waals surface area (Å²) in [5.41, 5.74) is 1.86. The van der Waals surface area contributed by atoms with Crippen LogP contribution >= 0.6 is 0 Å². The summed E-state index contributed by atoms with van der Waals surface area (Å²) in [5.74, 6) is 0.699. The summed E-state index contributed by atoms with van der Waals surface area (Å²) in [5, 5.41) is 9.62. The number of aromatic nitrogens is 1. The molecule has 150 valence electrons. The molecular formula is C21H26N2O5. The number of hydrogen-bond donors (Lipinski definition) is 1. The number of amides is 1. The lowest BCUT2D eigenvalue weighted by molar-refractivity contribution is -0.117. The maximum atomic E-state index is 13.1. The fourth-order valence-corrected chi connectivity index (χ4v) is 3.68. The van der Waals surface area contributed by atoms with Crippen molar-refractivity contribution in [2.24, 2.45) is 0 Å². The number of benzene rings is 1. The highest BCUT2D eigenvalue weighted by Gasteiger charge is 2.34. The molecule has 0 bridgehead atoms. The van der Waals surface area contributed by atoms with Crippen molar-refractivity contribution in [3.63, 3.8) is 0 Å². The number of anilines is 1. The Balaban J connectivity index is 1.92. The second-order valence-corrected chi connectivity index (χ2v) is 7.03. The van der Waals surface area contributed by atoms with Crippen molar-refractivity contribution < 1.29 is 19.4 Å². The second kappa shape index (κ2) is 8.58. The van der Waals surface area contributed by atoms with E-state index in [4.69, 9.17) is 9.47 Å². The van der Waals surface area contributed by atoms with Gasteiger partial charge in [0.25, 0.3) is 5.56 Å². The van der Waals surface area contributed by atoms with Crippen LogP contribution in [0.25, 0.3) is 0 Å². The van der Waals surface area contributed by atoms with E-state index in [0.29, 0.717) is 18.7 Å². The molecule has 1 aromatic heterocycles. The molecule has 1 aromatic carbocycles. The molecule has 1 saturated heterocycles. The Kier molecular flexibility index (Phi) is 6.16. The van der Waals surface area contributed by atoms with Gasteiger partial charge >= 0.3 is 0 Å². The van der Waals surface area contributed by atoms with Crippen LogP contribution in [0.2, 0.25) is 0 Å². The monoisotopic (exact) mass is 386 g/mol. The Bertz CT molecular complexity index is 891. The van der Waals surface area contributed by atoms with Gasteiger partial charge in [0.2, 0.25) is 5.91 Å². The minimum Gasteiger partial charge on any atom is -0.497 e. The summed E-state index contributed by atoms with van der Waals surface area (Å²) in [4.78, 5) is 27.4. The van der Waals surface area contributed by atoms with Crippen LogP contribution < -0.4 is 15.2 Å². The van der Waals surface area contributed by atoms with Gasteiger partial charge in [0, 0.05) is 32.2 Å². The molecule has 2 aromatic rings. The van der Waals surface area contributed by atoms with Gasteiger partial charge < -0.3 is 24.0 Å². The molecule has 2 unspecified atom stereocenters. The molecule has 3 rings (SSSR count). The molecule has 28 heavy (non-hydrogen) atoms. The maximum Gasteiger partial charge on any atom is 0.275 e. The van der Waals surface area contributed by atoms with Gasteiger partial charge in [-0.3, -0.25) is 9.59 Å². The van der Waals surface area contributed by atoms with E-state index in [1.54, 1.807) is 24.3 Å². The predicted octanol–water partition coefficient (Wildman–Crippen LogP) is 1.87. The van der Waals surface area contributed by atoms with E-state index < -0.39 is 6.04 Å². The number of pyridine rings is 1. The van der Waals surface area contributed by atoms with Crippen LogP contribution in [0.5, 0.6) is 5.75 Å². The van der Waals surface area contributed by atoms with Gasteiger partial charge in [0.1, 0.15) is 11.4 Å². The summed E-state index contributed by atoms with van der Waals surface area (Å²) < 4.78 is 11.7. The molecule has 0 spiro atoms. The van der Waals surface area contributed by atoms with Crippen LogP contribution in [0.3, 0.4) is 0 Å². The van der Waals surface area contributed by atoms with E-state index in [0.717, 1.165) is 16.9 Å². The number of carbonyl (C=O) groups excluding carboxylic acids is 1. The van der Waals surface area contributed by atoms with Gasteiger partial charge in [-0.1, -0.05) is 12.1 Å². The smallest absolute Gasteiger partial charge is 0.275 e. The summed E-state index contributed by atoms with van der Waals surface area (Å²) in [6, 6.07) is 8.96. The molecule has 1 fully saturated rings. The third-order valence-electron chi connectivity index (χ3n) is 5.24. The lowest BCUT2D eigenvalue weighted by atomic mass is 9.98. The third kappa shape index (κ3) is 3.81. The van der Waals surface area contributed by atoms with Crippen LogP contribution in [-0.4, -0.2) is 49.6 Å². The number of hydrogen-bond acceptors (Lipinski definition) is 5. The first-order valence-corrected chi connectivity index (χ1v) is 9.26. The van der Waals surface area contributed by atoms with Gasteiger partial charge in [-0.25, -0.2) is 0 Å². The number of carbonyl (C=O) groups is 1. The first-order valence-electron chi connectivity index (χ1n) is 9.26. The number of aliphatic hydroxyl groups is 1. The summed E-state index contributed by atoms with van der Waals surface area (Å²) in [6.45, 7) is 2.25. The van der Waals surface area contributed by atoms with Crippen LogP contribution in [0.15, 0.2) is 41.3 Å². The summed E-state index contributed by atoms with van der Waals surface area (Å²) in [6.07, 6.45) is 1.99. The fraction of sp³-hybridized carbons (Fsp3) is 0.429. The van der Waals surface area contributed by atoms with Crippen molar-refractivity contribution >= 4 is 11.6 Å². The number of rotatable bonds is 7. The Hall–Kier alpha value is -2.64. The lowest BCUT2D eigenvalue weighted by Crippen LogP contribution is -2.37. The molecule has 2 atom stereocenters. The van der Waals surface area contributed by atoms with E-state index in [1.807, 2.05) is 31.2 Å². The zero-order chi connectivity index (χ0) is 20.3. The van der Waals surface area contributed by atoms with Crippen molar-refractivity contribution in [2.45, 2.75) is 25.3 Å². The van der Waals surface area contributed by atoms with Crippen LogP contribution in [0.4, 0.5) is 5.69 Å². The number of aliphatic hydroxyl groups excluding tert-OH is 1.